The molecule has 1 aromatic rings. The zero-order valence-electron chi connectivity index (χ0n) is 7.51. The van der Waals surface area contributed by atoms with Crippen molar-refractivity contribution in [1.29, 1.82) is 0 Å². The summed E-state index contributed by atoms with van der Waals surface area (Å²) in [6, 6.07) is 14.4. The second-order valence-corrected chi connectivity index (χ2v) is 3.26. The fourth-order valence-electron chi connectivity index (χ4n) is 1.71. The van der Waals surface area contributed by atoms with Crippen LogP contribution >= 0.6 is 0 Å². The van der Waals surface area contributed by atoms with Gasteiger partial charge in [-0.3, -0.25) is 0 Å². The Balaban J connectivity index is 2.56. The molecular formula is C12H8N2. The predicted molar refractivity (Wildman–Crippen MR) is 56.2 cm³/mol. The van der Waals surface area contributed by atoms with Crippen LogP contribution in [-0.2, 0) is 0 Å². The molecule has 0 unspecified atom stereocenters. The van der Waals surface area contributed by atoms with E-state index in [2.05, 4.69) is 28.4 Å². The van der Waals surface area contributed by atoms with Crippen molar-refractivity contribution in [3.05, 3.63) is 48.7 Å². The molecule has 2 heteroatoms. The first kappa shape index (κ1) is 7.44. The smallest absolute Gasteiger partial charge is 0.102 e. The molecule has 0 amide bonds. The van der Waals surface area contributed by atoms with E-state index >= 15 is 0 Å². The van der Waals surface area contributed by atoms with Crippen LogP contribution in [0.1, 0.15) is 0 Å². The minimum Gasteiger partial charge on any atom is -0.158 e. The third-order valence-electron chi connectivity index (χ3n) is 2.40. The molecule has 0 saturated heterocycles. The molecule has 1 aliphatic heterocycles. The van der Waals surface area contributed by atoms with Crippen molar-refractivity contribution >= 4 is 10.8 Å². The molecule has 0 fully saturated rings. The van der Waals surface area contributed by atoms with Crippen LogP contribution in [0.3, 0.4) is 0 Å². The Morgan fingerprint density at radius 3 is 2.71 bits per heavy atom. The van der Waals surface area contributed by atoms with Gasteiger partial charge in [-0.15, -0.1) is 5.10 Å². The molecular weight excluding hydrogens is 172 g/mol. The summed E-state index contributed by atoms with van der Waals surface area (Å²) in [5.74, 6) is 0. The van der Waals surface area contributed by atoms with Crippen LogP contribution in [0.25, 0.3) is 22.0 Å². The van der Waals surface area contributed by atoms with Gasteiger partial charge in [-0.1, -0.05) is 42.5 Å². The lowest BCUT2D eigenvalue weighted by Gasteiger charge is -1.93. The van der Waals surface area contributed by atoms with Gasteiger partial charge in [0.2, 0.25) is 0 Å². The largest absolute Gasteiger partial charge is 0.158 e. The fourth-order valence-corrected chi connectivity index (χ4v) is 1.71. The van der Waals surface area contributed by atoms with Gasteiger partial charge < -0.3 is 0 Å². The topological polar surface area (TPSA) is 25.8 Å². The van der Waals surface area contributed by atoms with E-state index in [9.17, 15) is 0 Å². The van der Waals surface area contributed by atoms with Gasteiger partial charge in [0.15, 0.2) is 0 Å². The van der Waals surface area contributed by atoms with Crippen LogP contribution in [0.5, 0.6) is 0 Å². The predicted octanol–water partition coefficient (Wildman–Crippen LogP) is 2.73. The van der Waals surface area contributed by atoms with Gasteiger partial charge in [0.05, 0.1) is 6.20 Å². The van der Waals surface area contributed by atoms with E-state index in [1.807, 2.05) is 24.3 Å². The van der Waals surface area contributed by atoms with E-state index in [0.29, 0.717) is 0 Å². The van der Waals surface area contributed by atoms with Crippen LogP contribution < -0.4 is 0 Å². The Morgan fingerprint density at radius 1 is 0.857 bits per heavy atom. The molecule has 0 radical (unpaired) electrons. The maximum absolute atomic E-state index is 4.14. The zero-order valence-corrected chi connectivity index (χ0v) is 7.51. The van der Waals surface area contributed by atoms with Crippen LogP contribution in [0.4, 0.5) is 0 Å². The normalized spacial score (nSPS) is 10.9. The standard InChI is InChI=1S/C12H8N2/c1-2-7-11-9(4-1)5-3-6-10-8-13-14-12(10)11/h1-8H. The molecule has 0 atom stereocenters. The highest BCUT2D eigenvalue weighted by Crippen LogP contribution is 2.26. The van der Waals surface area contributed by atoms with Gasteiger partial charge in [0.25, 0.3) is 0 Å². The van der Waals surface area contributed by atoms with E-state index in [1.54, 1.807) is 6.20 Å². The van der Waals surface area contributed by atoms with E-state index in [4.69, 9.17) is 0 Å². The highest BCUT2D eigenvalue weighted by molar-refractivity contribution is 5.94. The van der Waals surface area contributed by atoms with Gasteiger partial charge in [-0.05, 0) is 5.39 Å². The van der Waals surface area contributed by atoms with E-state index in [1.165, 1.54) is 5.39 Å². The number of hydrogen-bond donors (Lipinski definition) is 0. The van der Waals surface area contributed by atoms with E-state index in [-0.39, 0.29) is 0 Å². The van der Waals surface area contributed by atoms with Gasteiger partial charge in [-0.25, -0.2) is 0 Å². The molecule has 0 N–H and O–H groups in total. The number of benzene rings is 1. The Kier molecular flexibility index (Phi) is 1.47. The van der Waals surface area contributed by atoms with Gasteiger partial charge in [-0.2, -0.15) is 5.10 Å². The fraction of sp³-hybridized carbons (Fsp3) is 0. The summed E-state index contributed by atoms with van der Waals surface area (Å²) >= 11 is 0. The molecule has 66 valence electrons. The van der Waals surface area contributed by atoms with Crippen LogP contribution in [0.2, 0.25) is 0 Å². The molecule has 1 aromatic carbocycles. The molecule has 2 aliphatic rings. The summed E-state index contributed by atoms with van der Waals surface area (Å²) in [4.78, 5) is 0. The number of nitrogens with zero attached hydrogens (tertiary/aromatic N) is 2. The lowest BCUT2D eigenvalue weighted by molar-refractivity contribution is 1.11. The second-order valence-electron chi connectivity index (χ2n) is 3.26. The van der Waals surface area contributed by atoms with Crippen molar-refractivity contribution in [2.75, 3.05) is 0 Å². The molecule has 14 heavy (non-hydrogen) atoms. The number of hydrogen-bond acceptors (Lipinski definition) is 2. The minimum atomic E-state index is 0.977. The summed E-state index contributed by atoms with van der Waals surface area (Å²) in [6.45, 7) is 0. The lowest BCUT2D eigenvalue weighted by atomic mass is 10.1. The first-order valence-electron chi connectivity index (χ1n) is 4.54. The first-order chi connectivity index (χ1) is 6.95. The number of fused-ring (bicyclic) bond motifs is 3. The molecule has 0 saturated carbocycles. The van der Waals surface area contributed by atoms with Crippen LogP contribution in [0, 0.1) is 0 Å². The molecule has 0 bridgehead atoms. The minimum absolute atomic E-state index is 0.977. The van der Waals surface area contributed by atoms with Crippen molar-refractivity contribution in [2.45, 2.75) is 0 Å². The third-order valence-corrected chi connectivity index (χ3v) is 2.40. The Morgan fingerprint density at radius 2 is 1.71 bits per heavy atom. The maximum atomic E-state index is 4.14. The maximum Gasteiger partial charge on any atom is 0.102 e. The lowest BCUT2D eigenvalue weighted by Crippen LogP contribution is -1.74. The Bertz CT molecular complexity index is 560. The van der Waals surface area contributed by atoms with Gasteiger partial charge in [0, 0.05) is 10.9 Å². The van der Waals surface area contributed by atoms with Crippen molar-refractivity contribution in [3.63, 3.8) is 0 Å². The van der Waals surface area contributed by atoms with Gasteiger partial charge >= 0.3 is 0 Å². The summed E-state index contributed by atoms with van der Waals surface area (Å²) in [6.07, 6.45) is 1.79. The molecule has 3 rings (SSSR count). The molecule has 2 nitrogen and oxygen atoms in total. The Hall–Kier alpha value is -1.96. The number of aromatic nitrogens is 2. The SMILES string of the molecule is c1ccc2c3nncc-3cccc2c1. The molecule has 1 aliphatic carbocycles. The van der Waals surface area contributed by atoms with Crippen molar-refractivity contribution in [3.8, 4) is 11.3 Å². The summed E-state index contributed by atoms with van der Waals surface area (Å²) in [5.41, 5.74) is 2.07. The van der Waals surface area contributed by atoms with Crippen molar-refractivity contribution in [1.82, 2.24) is 10.2 Å². The summed E-state index contributed by atoms with van der Waals surface area (Å²) in [5, 5.41) is 10.4. The average Bonchev–Trinajstić information content (AvgIpc) is 2.61. The molecule has 0 spiro atoms. The van der Waals surface area contributed by atoms with Gasteiger partial charge in [0.1, 0.15) is 5.69 Å². The highest BCUT2D eigenvalue weighted by atomic mass is 15.1. The summed E-state index contributed by atoms with van der Waals surface area (Å²) < 4.78 is 0. The summed E-state index contributed by atoms with van der Waals surface area (Å²) in [7, 11) is 0. The first-order valence-corrected chi connectivity index (χ1v) is 4.54. The molecule has 1 heterocycles. The zero-order chi connectivity index (χ0) is 9.38. The highest BCUT2D eigenvalue weighted by Gasteiger charge is 2.06. The van der Waals surface area contributed by atoms with Crippen molar-refractivity contribution in [2.24, 2.45) is 0 Å². The average molecular weight is 180 g/mol. The quantitative estimate of drug-likeness (QED) is 0.531. The Labute approximate surface area is 81.6 Å². The molecule has 0 aromatic heterocycles. The third kappa shape index (κ3) is 0.973. The monoisotopic (exact) mass is 180 g/mol. The second kappa shape index (κ2) is 2.77. The van der Waals surface area contributed by atoms with E-state index in [0.717, 1.165) is 16.6 Å². The van der Waals surface area contributed by atoms with E-state index < -0.39 is 0 Å². The number of rotatable bonds is 0. The van der Waals surface area contributed by atoms with Crippen molar-refractivity contribution < 1.29 is 0 Å². The van der Waals surface area contributed by atoms with Crippen LogP contribution in [-0.4, -0.2) is 10.2 Å². The van der Waals surface area contributed by atoms with Crippen LogP contribution in [0.15, 0.2) is 48.7 Å².